The van der Waals surface area contributed by atoms with Crippen LogP contribution in [0.15, 0.2) is 18.2 Å². The monoisotopic (exact) mass is 364 g/mol. The molecule has 1 saturated heterocycles. The summed E-state index contributed by atoms with van der Waals surface area (Å²) in [7, 11) is 1.61. The minimum absolute atomic E-state index is 0.180. The van der Waals surface area contributed by atoms with Gasteiger partial charge in [-0.3, -0.25) is 4.79 Å². The van der Waals surface area contributed by atoms with Crippen LogP contribution in [0.3, 0.4) is 0 Å². The van der Waals surface area contributed by atoms with E-state index in [4.69, 9.17) is 14.6 Å². The van der Waals surface area contributed by atoms with E-state index in [-0.39, 0.29) is 12.6 Å². The summed E-state index contributed by atoms with van der Waals surface area (Å²) < 4.78 is 10.8. The molecule has 1 fully saturated rings. The molecule has 0 bridgehead atoms. The van der Waals surface area contributed by atoms with Gasteiger partial charge in [-0.15, -0.1) is 0 Å². The molecule has 7 nitrogen and oxygen atoms in total. The lowest BCUT2D eigenvalue weighted by Gasteiger charge is -2.30. The highest BCUT2D eigenvalue weighted by atomic mass is 16.5. The van der Waals surface area contributed by atoms with Crippen molar-refractivity contribution in [1.29, 1.82) is 0 Å². The zero-order valence-electron chi connectivity index (χ0n) is 15.5. The fourth-order valence-electron chi connectivity index (χ4n) is 3.11. The third-order valence-corrected chi connectivity index (χ3v) is 4.50. The van der Waals surface area contributed by atoms with Crippen molar-refractivity contribution in [2.45, 2.75) is 32.6 Å². The van der Waals surface area contributed by atoms with Gasteiger partial charge in [0.15, 0.2) is 11.5 Å². The van der Waals surface area contributed by atoms with Crippen LogP contribution in [0, 0.1) is 5.92 Å². The Labute approximate surface area is 154 Å². The lowest BCUT2D eigenvalue weighted by Crippen LogP contribution is -2.47. The van der Waals surface area contributed by atoms with Gasteiger partial charge in [-0.25, -0.2) is 4.79 Å². The third-order valence-electron chi connectivity index (χ3n) is 4.50. The maximum absolute atomic E-state index is 12.2. The van der Waals surface area contributed by atoms with Gasteiger partial charge in [0.05, 0.1) is 19.6 Å². The molecule has 2 amide bonds. The number of likely N-dealkylation sites (tertiary alicyclic amines) is 1. The summed E-state index contributed by atoms with van der Waals surface area (Å²) in [6, 6.07) is 5.66. The first-order chi connectivity index (χ1) is 12.5. The van der Waals surface area contributed by atoms with Gasteiger partial charge in [0.1, 0.15) is 0 Å². The second-order valence-electron chi connectivity index (χ2n) is 6.38. The summed E-state index contributed by atoms with van der Waals surface area (Å²) in [5.74, 6) is 0.157. The molecule has 1 atom stereocenters. The number of nitrogens with zero attached hydrogens (tertiary/aromatic N) is 1. The van der Waals surface area contributed by atoms with Crippen LogP contribution in [0.5, 0.6) is 11.5 Å². The summed E-state index contributed by atoms with van der Waals surface area (Å²) in [6.07, 6.45) is 2.97. The van der Waals surface area contributed by atoms with Crippen molar-refractivity contribution in [3.05, 3.63) is 23.8 Å². The Morgan fingerprint density at radius 1 is 1.35 bits per heavy atom. The van der Waals surface area contributed by atoms with Gasteiger partial charge in [-0.2, -0.15) is 0 Å². The van der Waals surface area contributed by atoms with Crippen LogP contribution in [0.1, 0.15) is 31.7 Å². The number of aryl methyl sites for hydroxylation is 1. The zero-order valence-corrected chi connectivity index (χ0v) is 15.5. The normalized spacial score (nSPS) is 16.8. The number of nitrogens with one attached hydrogen (secondary N) is 1. The minimum atomic E-state index is -0.827. The fraction of sp³-hybridized carbons (Fsp3) is 0.579. The predicted molar refractivity (Wildman–Crippen MR) is 97.8 cm³/mol. The quantitative estimate of drug-likeness (QED) is 0.692. The van der Waals surface area contributed by atoms with Crippen LogP contribution in [0.25, 0.3) is 0 Å². The minimum Gasteiger partial charge on any atom is -0.493 e. The summed E-state index contributed by atoms with van der Waals surface area (Å²) in [5, 5.41) is 12.0. The van der Waals surface area contributed by atoms with E-state index in [1.54, 1.807) is 12.0 Å². The SMILES string of the molecule is CCOc1cc(CCCNC(=O)N2CCCC(C(=O)O)C2)ccc1OC. The molecular formula is C19H28N2O5. The number of piperidine rings is 1. The van der Waals surface area contributed by atoms with Gasteiger partial charge in [0.25, 0.3) is 0 Å². The smallest absolute Gasteiger partial charge is 0.317 e. The van der Waals surface area contributed by atoms with E-state index < -0.39 is 11.9 Å². The van der Waals surface area contributed by atoms with E-state index in [0.29, 0.717) is 31.9 Å². The topological polar surface area (TPSA) is 88.1 Å². The highest BCUT2D eigenvalue weighted by Crippen LogP contribution is 2.28. The summed E-state index contributed by atoms with van der Waals surface area (Å²) in [4.78, 5) is 24.9. The van der Waals surface area contributed by atoms with E-state index in [2.05, 4.69) is 5.32 Å². The lowest BCUT2D eigenvalue weighted by molar-refractivity contribution is -0.143. The van der Waals surface area contributed by atoms with Crippen molar-refractivity contribution >= 4 is 12.0 Å². The zero-order chi connectivity index (χ0) is 18.9. The molecule has 1 aliphatic rings. The number of urea groups is 1. The molecule has 144 valence electrons. The van der Waals surface area contributed by atoms with Crippen molar-refractivity contribution in [3.63, 3.8) is 0 Å². The maximum Gasteiger partial charge on any atom is 0.317 e. The molecule has 0 aromatic heterocycles. The number of rotatable bonds is 8. The number of methoxy groups -OCH3 is 1. The number of benzene rings is 1. The first-order valence-electron chi connectivity index (χ1n) is 9.10. The molecule has 0 aliphatic carbocycles. The highest BCUT2D eigenvalue weighted by Gasteiger charge is 2.27. The second-order valence-corrected chi connectivity index (χ2v) is 6.38. The Balaban J connectivity index is 1.77. The Hall–Kier alpha value is -2.44. The first-order valence-corrected chi connectivity index (χ1v) is 9.10. The molecular weight excluding hydrogens is 336 g/mol. The molecule has 0 spiro atoms. The van der Waals surface area contributed by atoms with Crippen molar-refractivity contribution in [2.75, 3.05) is 33.4 Å². The molecule has 1 aliphatic heterocycles. The van der Waals surface area contributed by atoms with Gasteiger partial charge in [-0.05, 0) is 50.3 Å². The summed E-state index contributed by atoms with van der Waals surface area (Å²) in [5.41, 5.74) is 1.12. The van der Waals surface area contributed by atoms with Gasteiger partial charge >= 0.3 is 12.0 Å². The van der Waals surface area contributed by atoms with Crippen LogP contribution >= 0.6 is 0 Å². The highest BCUT2D eigenvalue weighted by molar-refractivity contribution is 5.76. The largest absolute Gasteiger partial charge is 0.493 e. The molecule has 0 saturated carbocycles. The fourth-order valence-corrected chi connectivity index (χ4v) is 3.11. The van der Waals surface area contributed by atoms with E-state index in [1.165, 1.54) is 0 Å². The van der Waals surface area contributed by atoms with E-state index >= 15 is 0 Å². The number of carbonyl (C=O) groups excluding carboxylic acids is 1. The van der Waals surface area contributed by atoms with Crippen molar-refractivity contribution in [2.24, 2.45) is 5.92 Å². The number of hydrogen-bond donors (Lipinski definition) is 2. The van der Waals surface area contributed by atoms with Crippen LogP contribution in [-0.4, -0.2) is 55.4 Å². The molecule has 1 heterocycles. The van der Waals surface area contributed by atoms with Crippen molar-refractivity contribution in [3.8, 4) is 11.5 Å². The number of hydrogen-bond acceptors (Lipinski definition) is 4. The number of ether oxygens (including phenoxy) is 2. The summed E-state index contributed by atoms with van der Waals surface area (Å²) >= 11 is 0. The average molecular weight is 364 g/mol. The molecule has 1 aromatic rings. The lowest BCUT2D eigenvalue weighted by atomic mass is 9.99. The standard InChI is InChI=1S/C19H28N2O5/c1-3-26-17-12-14(8-9-16(17)25-2)6-4-10-20-19(24)21-11-5-7-15(13-21)18(22)23/h8-9,12,15H,3-7,10-11,13H2,1-2H3,(H,20,24)(H,22,23). The van der Waals surface area contributed by atoms with Crippen LogP contribution in [0.4, 0.5) is 4.79 Å². The molecule has 1 aromatic carbocycles. The van der Waals surface area contributed by atoms with Gasteiger partial charge < -0.3 is 24.8 Å². The molecule has 0 radical (unpaired) electrons. The molecule has 2 rings (SSSR count). The van der Waals surface area contributed by atoms with Crippen LogP contribution in [0.2, 0.25) is 0 Å². The van der Waals surface area contributed by atoms with Crippen molar-refractivity contribution in [1.82, 2.24) is 10.2 Å². The molecule has 2 N–H and O–H groups in total. The number of carbonyl (C=O) groups is 2. The Morgan fingerprint density at radius 2 is 2.15 bits per heavy atom. The Kier molecular flexibility index (Phi) is 7.56. The number of carboxylic acid groups (broad SMARTS) is 1. The van der Waals surface area contributed by atoms with Crippen molar-refractivity contribution < 1.29 is 24.2 Å². The Morgan fingerprint density at radius 3 is 2.85 bits per heavy atom. The van der Waals surface area contributed by atoms with Crippen LogP contribution < -0.4 is 14.8 Å². The Bertz CT molecular complexity index is 620. The van der Waals surface area contributed by atoms with Crippen LogP contribution in [-0.2, 0) is 11.2 Å². The van der Waals surface area contributed by atoms with E-state index in [1.807, 2.05) is 25.1 Å². The van der Waals surface area contributed by atoms with E-state index in [0.717, 1.165) is 30.6 Å². The van der Waals surface area contributed by atoms with Gasteiger partial charge in [0.2, 0.25) is 0 Å². The third kappa shape index (κ3) is 5.54. The summed E-state index contributed by atoms with van der Waals surface area (Å²) in [6.45, 7) is 3.95. The van der Waals surface area contributed by atoms with Gasteiger partial charge in [-0.1, -0.05) is 6.07 Å². The number of amides is 2. The molecule has 26 heavy (non-hydrogen) atoms. The molecule has 7 heteroatoms. The van der Waals surface area contributed by atoms with Gasteiger partial charge in [0, 0.05) is 19.6 Å². The van der Waals surface area contributed by atoms with E-state index in [9.17, 15) is 9.59 Å². The second kappa shape index (κ2) is 9.89. The first kappa shape index (κ1) is 19.9. The molecule has 1 unspecified atom stereocenters. The maximum atomic E-state index is 12.2. The predicted octanol–water partition coefficient (Wildman–Crippen LogP) is 2.53. The number of aliphatic carboxylic acids is 1. The average Bonchev–Trinajstić information content (AvgIpc) is 2.65. The number of carboxylic acids is 1.